The summed E-state index contributed by atoms with van der Waals surface area (Å²) >= 11 is 0. The van der Waals surface area contributed by atoms with E-state index in [1.54, 1.807) is 20.1 Å². The molecule has 0 amide bonds. The Labute approximate surface area is 119 Å². The Balaban J connectivity index is 2.29. The molecule has 0 radical (unpaired) electrons. The number of ether oxygens (including phenoxy) is 1. The standard InChI is InChI=1S/C15H22N2O3/c1-8-6-9(2)16-13(12(8)14(18)19)17-10-7-11(20-5)15(10,3)4/h6,10-11H,7H2,1-5H3,(H,16,17)(H,18,19). The van der Waals surface area contributed by atoms with Crippen LogP contribution < -0.4 is 5.32 Å². The van der Waals surface area contributed by atoms with Gasteiger partial charge in [-0.05, 0) is 31.9 Å². The van der Waals surface area contributed by atoms with Crippen molar-refractivity contribution < 1.29 is 14.6 Å². The minimum Gasteiger partial charge on any atom is -0.478 e. The fourth-order valence-corrected chi connectivity index (χ4v) is 2.91. The molecule has 0 aromatic carbocycles. The summed E-state index contributed by atoms with van der Waals surface area (Å²) in [4.78, 5) is 15.8. The summed E-state index contributed by atoms with van der Waals surface area (Å²) in [7, 11) is 1.71. The molecule has 0 saturated heterocycles. The quantitative estimate of drug-likeness (QED) is 0.886. The van der Waals surface area contributed by atoms with Gasteiger partial charge in [0.15, 0.2) is 0 Å². The molecule has 2 rings (SSSR count). The van der Waals surface area contributed by atoms with Gasteiger partial charge in [0.2, 0.25) is 0 Å². The van der Waals surface area contributed by atoms with Crippen LogP contribution in [0.4, 0.5) is 5.82 Å². The van der Waals surface area contributed by atoms with Gasteiger partial charge in [0.25, 0.3) is 0 Å². The molecule has 0 spiro atoms. The summed E-state index contributed by atoms with van der Waals surface area (Å²) in [6.45, 7) is 7.90. The lowest BCUT2D eigenvalue weighted by molar-refractivity contribution is -0.0795. The number of carbonyl (C=O) groups is 1. The Hall–Kier alpha value is -1.62. The molecule has 20 heavy (non-hydrogen) atoms. The molecule has 1 aromatic heterocycles. The van der Waals surface area contributed by atoms with Crippen LogP contribution in [0.25, 0.3) is 0 Å². The van der Waals surface area contributed by atoms with Crippen LogP contribution in [-0.2, 0) is 4.74 Å². The van der Waals surface area contributed by atoms with Crippen molar-refractivity contribution in [2.24, 2.45) is 5.41 Å². The highest BCUT2D eigenvalue weighted by Crippen LogP contribution is 2.44. The van der Waals surface area contributed by atoms with Crippen LogP contribution in [0.2, 0.25) is 0 Å². The lowest BCUT2D eigenvalue weighted by atomic mass is 9.64. The van der Waals surface area contributed by atoms with Gasteiger partial charge in [0, 0.05) is 24.3 Å². The highest BCUT2D eigenvalue weighted by Gasteiger charge is 2.49. The average Bonchev–Trinajstić information content (AvgIpc) is 2.32. The summed E-state index contributed by atoms with van der Waals surface area (Å²) in [5, 5.41) is 12.7. The molecule has 1 aliphatic carbocycles. The van der Waals surface area contributed by atoms with Gasteiger partial charge in [-0.3, -0.25) is 0 Å². The van der Waals surface area contributed by atoms with Crippen molar-refractivity contribution in [2.45, 2.75) is 46.3 Å². The van der Waals surface area contributed by atoms with Crippen LogP contribution in [-0.4, -0.2) is 35.3 Å². The van der Waals surface area contributed by atoms with E-state index in [2.05, 4.69) is 24.1 Å². The fraction of sp³-hybridized carbons (Fsp3) is 0.600. The van der Waals surface area contributed by atoms with Gasteiger partial charge in [-0.2, -0.15) is 0 Å². The van der Waals surface area contributed by atoms with E-state index >= 15 is 0 Å². The lowest BCUT2D eigenvalue weighted by Crippen LogP contribution is -2.57. The minimum absolute atomic E-state index is 0.0378. The second-order valence-electron chi connectivity index (χ2n) is 6.09. The Morgan fingerprint density at radius 1 is 1.50 bits per heavy atom. The molecular formula is C15H22N2O3. The summed E-state index contributed by atoms with van der Waals surface area (Å²) in [6.07, 6.45) is 1.05. The topological polar surface area (TPSA) is 71.5 Å². The number of nitrogens with zero attached hydrogens (tertiary/aromatic N) is 1. The third kappa shape index (κ3) is 2.38. The second-order valence-corrected chi connectivity index (χ2v) is 6.09. The smallest absolute Gasteiger partial charge is 0.339 e. The molecule has 110 valence electrons. The lowest BCUT2D eigenvalue weighted by Gasteiger charge is -2.51. The van der Waals surface area contributed by atoms with E-state index in [1.165, 1.54) is 0 Å². The van der Waals surface area contributed by atoms with Crippen molar-refractivity contribution in [2.75, 3.05) is 12.4 Å². The van der Waals surface area contributed by atoms with Gasteiger partial charge in [-0.15, -0.1) is 0 Å². The van der Waals surface area contributed by atoms with Crippen LogP contribution in [0, 0.1) is 19.3 Å². The first-order valence-electron chi connectivity index (χ1n) is 6.78. The average molecular weight is 278 g/mol. The highest BCUT2D eigenvalue weighted by molar-refractivity contribution is 5.94. The SMILES string of the molecule is COC1CC(Nc2nc(C)cc(C)c2C(=O)O)C1(C)C. The molecule has 2 unspecified atom stereocenters. The van der Waals surface area contributed by atoms with Crippen LogP contribution in [0.5, 0.6) is 0 Å². The van der Waals surface area contributed by atoms with Crippen molar-refractivity contribution in [3.8, 4) is 0 Å². The maximum absolute atomic E-state index is 11.4. The van der Waals surface area contributed by atoms with Gasteiger partial charge in [0.05, 0.1) is 6.10 Å². The maximum atomic E-state index is 11.4. The first-order valence-corrected chi connectivity index (χ1v) is 6.78. The number of hydrogen-bond acceptors (Lipinski definition) is 4. The number of hydrogen-bond donors (Lipinski definition) is 2. The number of carboxylic acids is 1. The van der Waals surface area contributed by atoms with Crippen molar-refractivity contribution in [1.82, 2.24) is 4.98 Å². The van der Waals surface area contributed by atoms with E-state index < -0.39 is 5.97 Å². The molecule has 1 aliphatic rings. The molecule has 5 nitrogen and oxygen atoms in total. The number of aromatic nitrogens is 1. The van der Waals surface area contributed by atoms with E-state index in [0.717, 1.165) is 17.7 Å². The molecule has 1 fully saturated rings. The zero-order valence-corrected chi connectivity index (χ0v) is 12.7. The van der Waals surface area contributed by atoms with Crippen LogP contribution in [0.1, 0.15) is 41.9 Å². The maximum Gasteiger partial charge on any atom is 0.339 e. The molecular weight excluding hydrogens is 256 g/mol. The first-order chi connectivity index (χ1) is 9.27. The predicted octanol–water partition coefficient (Wildman–Crippen LogP) is 2.62. The number of carboxylic acid groups (broad SMARTS) is 1. The van der Waals surface area contributed by atoms with Gasteiger partial charge >= 0.3 is 5.97 Å². The minimum atomic E-state index is -0.946. The zero-order valence-electron chi connectivity index (χ0n) is 12.7. The fourth-order valence-electron chi connectivity index (χ4n) is 2.91. The highest BCUT2D eigenvalue weighted by atomic mass is 16.5. The number of methoxy groups -OCH3 is 1. The van der Waals surface area contributed by atoms with Gasteiger partial charge in [-0.1, -0.05) is 13.8 Å². The summed E-state index contributed by atoms with van der Waals surface area (Å²) in [5.41, 5.74) is 1.76. The van der Waals surface area contributed by atoms with Gasteiger partial charge < -0.3 is 15.2 Å². The summed E-state index contributed by atoms with van der Waals surface area (Å²) in [6, 6.07) is 1.96. The molecule has 0 bridgehead atoms. The second kappa shape index (κ2) is 5.05. The third-order valence-corrected chi connectivity index (χ3v) is 4.33. The normalized spacial score (nSPS) is 24.1. The number of pyridine rings is 1. The Bertz CT molecular complexity index is 540. The predicted molar refractivity (Wildman–Crippen MR) is 77.3 cm³/mol. The Morgan fingerprint density at radius 2 is 2.15 bits per heavy atom. The number of rotatable bonds is 4. The number of anilines is 1. The van der Waals surface area contributed by atoms with Crippen LogP contribution in [0.15, 0.2) is 6.07 Å². The number of aromatic carboxylic acids is 1. The van der Waals surface area contributed by atoms with E-state index in [4.69, 9.17) is 4.74 Å². The Kier molecular flexibility index (Phi) is 3.73. The summed E-state index contributed by atoms with van der Waals surface area (Å²) < 4.78 is 5.42. The molecule has 5 heteroatoms. The molecule has 1 heterocycles. The van der Waals surface area contributed by atoms with E-state index in [0.29, 0.717) is 5.82 Å². The van der Waals surface area contributed by atoms with E-state index in [9.17, 15) is 9.90 Å². The van der Waals surface area contributed by atoms with Crippen molar-refractivity contribution in [3.05, 3.63) is 22.9 Å². The Morgan fingerprint density at radius 3 is 2.65 bits per heavy atom. The molecule has 2 N–H and O–H groups in total. The largest absolute Gasteiger partial charge is 0.478 e. The molecule has 0 aliphatic heterocycles. The summed E-state index contributed by atoms with van der Waals surface area (Å²) in [5.74, 6) is -0.486. The van der Waals surface area contributed by atoms with Crippen molar-refractivity contribution in [1.29, 1.82) is 0 Å². The van der Waals surface area contributed by atoms with E-state index in [-0.39, 0.29) is 23.1 Å². The molecule has 2 atom stereocenters. The monoisotopic (exact) mass is 278 g/mol. The van der Waals surface area contributed by atoms with Gasteiger partial charge in [-0.25, -0.2) is 9.78 Å². The zero-order chi connectivity index (χ0) is 15.1. The number of nitrogens with one attached hydrogen (secondary N) is 1. The third-order valence-electron chi connectivity index (χ3n) is 4.33. The van der Waals surface area contributed by atoms with Crippen molar-refractivity contribution in [3.63, 3.8) is 0 Å². The number of aryl methyl sites for hydroxylation is 2. The van der Waals surface area contributed by atoms with Crippen LogP contribution in [0.3, 0.4) is 0 Å². The van der Waals surface area contributed by atoms with Crippen LogP contribution >= 0.6 is 0 Å². The van der Waals surface area contributed by atoms with Gasteiger partial charge in [0.1, 0.15) is 11.4 Å². The van der Waals surface area contributed by atoms with E-state index in [1.807, 2.05) is 6.92 Å². The molecule has 1 saturated carbocycles. The van der Waals surface area contributed by atoms with Crippen molar-refractivity contribution >= 4 is 11.8 Å². The first kappa shape index (κ1) is 14.8. The molecule has 1 aromatic rings.